The quantitative estimate of drug-likeness (QED) is 0.601. The number of ether oxygens (including phenoxy) is 2. The number of rotatable bonds is 6. The maximum Gasteiger partial charge on any atom is 0.573 e. The number of urea groups is 1. The molecule has 0 bridgehead atoms. The Morgan fingerprint density at radius 3 is 2.25 bits per heavy atom. The van der Waals surface area contributed by atoms with E-state index in [1.54, 1.807) is 12.0 Å². The summed E-state index contributed by atoms with van der Waals surface area (Å²) < 4.78 is 45.9. The number of hydrogen-bond acceptors (Lipinski definition) is 4. The molecule has 150 valence electrons. The lowest BCUT2D eigenvalue weighted by Crippen LogP contribution is -2.37. The van der Waals surface area contributed by atoms with Gasteiger partial charge in [0, 0.05) is 6.54 Å². The minimum atomic E-state index is -4.75. The van der Waals surface area contributed by atoms with E-state index in [-0.39, 0.29) is 24.4 Å². The Kier molecular flexibility index (Phi) is 5.64. The Balaban J connectivity index is 1.71. The fourth-order valence-electron chi connectivity index (χ4n) is 3.13. The summed E-state index contributed by atoms with van der Waals surface area (Å²) in [5, 5.41) is 1.11. The highest BCUT2D eigenvalue weighted by Crippen LogP contribution is 2.31. The van der Waals surface area contributed by atoms with Gasteiger partial charge in [-0.25, -0.2) is 10.6 Å². The van der Waals surface area contributed by atoms with Crippen LogP contribution in [0.1, 0.15) is 17.2 Å². The van der Waals surface area contributed by atoms with Crippen molar-refractivity contribution in [1.82, 2.24) is 9.91 Å². The molecule has 1 saturated heterocycles. The van der Waals surface area contributed by atoms with Crippen LogP contribution < -0.4 is 15.3 Å². The highest BCUT2D eigenvalue weighted by atomic mass is 19.4. The fraction of sp³-hybridized carbons (Fsp3) is 0.316. The number of benzene rings is 2. The number of carbonyl (C=O) groups is 1. The maximum absolute atomic E-state index is 12.4. The van der Waals surface area contributed by atoms with E-state index >= 15 is 0 Å². The van der Waals surface area contributed by atoms with Crippen LogP contribution in [0.2, 0.25) is 0 Å². The molecule has 1 unspecified atom stereocenters. The third kappa shape index (κ3) is 4.66. The lowest BCUT2D eigenvalue weighted by Gasteiger charge is -2.23. The molecule has 1 aliphatic heterocycles. The average Bonchev–Trinajstić information content (AvgIpc) is 2.94. The number of hydrazine groups is 1. The number of methoxy groups -OCH3 is 1. The molecule has 1 heterocycles. The van der Waals surface area contributed by atoms with Gasteiger partial charge >= 0.3 is 12.4 Å². The van der Waals surface area contributed by atoms with E-state index in [2.05, 4.69) is 4.74 Å². The topological polar surface area (TPSA) is 68.0 Å². The normalized spacial score (nSPS) is 17.2. The number of nitrogens with zero attached hydrogens (tertiary/aromatic N) is 2. The van der Waals surface area contributed by atoms with Crippen molar-refractivity contribution in [1.29, 1.82) is 0 Å². The van der Waals surface area contributed by atoms with Gasteiger partial charge in [-0.2, -0.15) is 0 Å². The van der Waals surface area contributed by atoms with Crippen molar-refractivity contribution in [2.45, 2.75) is 18.8 Å². The molecule has 2 amide bonds. The number of carbonyl (C=O) groups excluding carboxylic acids is 1. The highest BCUT2D eigenvalue weighted by molar-refractivity contribution is 5.77. The van der Waals surface area contributed by atoms with Gasteiger partial charge in [-0.05, 0) is 41.8 Å². The van der Waals surface area contributed by atoms with E-state index in [0.29, 0.717) is 18.5 Å². The van der Waals surface area contributed by atoms with Gasteiger partial charge in [0.15, 0.2) is 0 Å². The Morgan fingerprint density at radius 1 is 1.07 bits per heavy atom. The van der Waals surface area contributed by atoms with Crippen LogP contribution >= 0.6 is 0 Å². The predicted molar refractivity (Wildman–Crippen MR) is 95.6 cm³/mol. The van der Waals surface area contributed by atoms with Crippen LogP contribution in [-0.4, -0.2) is 42.5 Å². The van der Waals surface area contributed by atoms with E-state index in [4.69, 9.17) is 10.6 Å². The molecule has 6 nitrogen and oxygen atoms in total. The molecule has 0 radical (unpaired) electrons. The lowest BCUT2D eigenvalue weighted by molar-refractivity contribution is -0.274. The summed E-state index contributed by atoms with van der Waals surface area (Å²) in [7, 11) is 1.59. The number of nitrogens with two attached hydrogens (primary N) is 1. The van der Waals surface area contributed by atoms with Gasteiger partial charge in [-0.3, -0.25) is 5.01 Å². The molecule has 9 heteroatoms. The predicted octanol–water partition coefficient (Wildman–Crippen LogP) is 3.49. The summed E-state index contributed by atoms with van der Waals surface area (Å²) >= 11 is 0. The summed E-state index contributed by atoms with van der Waals surface area (Å²) in [5.41, 5.74) is 1.71. The van der Waals surface area contributed by atoms with E-state index in [1.807, 2.05) is 24.3 Å². The number of hydrogen-bond donors (Lipinski definition) is 1. The van der Waals surface area contributed by atoms with Crippen LogP contribution in [0.15, 0.2) is 48.5 Å². The molecular weight excluding hydrogens is 375 g/mol. The van der Waals surface area contributed by atoms with E-state index in [0.717, 1.165) is 16.3 Å². The molecule has 1 fully saturated rings. The molecule has 1 atom stereocenters. The summed E-state index contributed by atoms with van der Waals surface area (Å²) in [6.07, 6.45) is -4.14. The lowest BCUT2D eigenvalue weighted by atomic mass is 10.1. The van der Waals surface area contributed by atoms with Crippen molar-refractivity contribution < 1.29 is 27.4 Å². The third-order valence-electron chi connectivity index (χ3n) is 4.54. The molecule has 2 N–H and O–H groups in total. The molecule has 28 heavy (non-hydrogen) atoms. The average molecular weight is 395 g/mol. The van der Waals surface area contributed by atoms with Crippen molar-refractivity contribution in [2.75, 3.05) is 20.2 Å². The molecule has 3 rings (SSSR count). The van der Waals surface area contributed by atoms with Crippen molar-refractivity contribution in [3.05, 3.63) is 59.7 Å². The fourth-order valence-corrected chi connectivity index (χ4v) is 3.13. The first-order chi connectivity index (χ1) is 13.3. The first-order valence-corrected chi connectivity index (χ1v) is 8.58. The summed E-state index contributed by atoms with van der Waals surface area (Å²) in [6, 6.07) is 12.3. The monoisotopic (exact) mass is 395 g/mol. The highest BCUT2D eigenvalue weighted by Gasteiger charge is 2.36. The number of alkyl halides is 3. The van der Waals surface area contributed by atoms with Gasteiger partial charge in [0.25, 0.3) is 0 Å². The molecule has 0 spiro atoms. The zero-order chi connectivity index (χ0) is 20.3. The van der Waals surface area contributed by atoms with Crippen LogP contribution in [0.5, 0.6) is 11.5 Å². The van der Waals surface area contributed by atoms with Crippen LogP contribution in [-0.2, 0) is 6.42 Å². The van der Waals surface area contributed by atoms with E-state index in [9.17, 15) is 18.0 Å². The van der Waals surface area contributed by atoms with Gasteiger partial charge in [-0.1, -0.05) is 24.3 Å². The third-order valence-corrected chi connectivity index (χ3v) is 4.54. The molecule has 0 saturated carbocycles. The van der Waals surface area contributed by atoms with Crippen molar-refractivity contribution in [3.8, 4) is 11.5 Å². The second-order valence-corrected chi connectivity index (χ2v) is 6.36. The van der Waals surface area contributed by atoms with Gasteiger partial charge in [0.2, 0.25) is 0 Å². The summed E-state index contributed by atoms with van der Waals surface area (Å²) in [4.78, 5) is 14.0. The zero-order valence-electron chi connectivity index (χ0n) is 15.1. The van der Waals surface area contributed by atoms with E-state index < -0.39 is 6.36 Å². The number of halogens is 3. The van der Waals surface area contributed by atoms with Crippen LogP contribution in [0.3, 0.4) is 0 Å². The minimum Gasteiger partial charge on any atom is -0.497 e. The van der Waals surface area contributed by atoms with Crippen LogP contribution in [0.25, 0.3) is 0 Å². The maximum atomic E-state index is 12.4. The standard InChI is InChI=1S/C19H20F3N3O3/c1-27-15-6-2-13(3-7-15)10-11-24-17(12-25(23)18(24)26)14-4-8-16(9-5-14)28-19(20,21)22/h2-9,17H,10-12,23H2,1H3. The second kappa shape index (κ2) is 7.97. The zero-order valence-corrected chi connectivity index (χ0v) is 15.1. The van der Waals surface area contributed by atoms with Crippen LogP contribution in [0, 0.1) is 0 Å². The first-order valence-electron chi connectivity index (χ1n) is 8.58. The smallest absolute Gasteiger partial charge is 0.497 e. The Morgan fingerprint density at radius 2 is 1.68 bits per heavy atom. The summed E-state index contributed by atoms with van der Waals surface area (Å²) in [5.74, 6) is 6.20. The van der Waals surface area contributed by atoms with Crippen molar-refractivity contribution in [3.63, 3.8) is 0 Å². The number of amides is 2. The Hall–Kier alpha value is -2.94. The van der Waals surface area contributed by atoms with Crippen molar-refractivity contribution in [2.24, 2.45) is 5.84 Å². The molecule has 1 aliphatic rings. The van der Waals surface area contributed by atoms with Crippen molar-refractivity contribution >= 4 is 6.03 Å². The molecule has 2 aromatic carbocycles. The van der Waals surface area contributed by atoms with Gasteiger partial charge in [-0.15, -0.1) is 13.2 Å². The largest absolute Gasteiger partial charge is 0.573 e. The molecular formula is C19H20F3N3O3. The van der Waals surface area contributed by atoms with E-state index in [1.165, 1.54) is 24.3 Å². The summed E-state index contributed by atoms with van der Waals surface area (Å²) in [6.45, 7) is 0.672. The molecule has 2 aromatic rings. The Bertz CT molecular complexity index is 810. The minimum absolute atomic E-state index is 0.251. The first kappa shape index (κ1) is 19.8. The molecule has 0 aliphatic carbocycles. The van der Waals surface area contributed by atoms with Gasteiger partial charge in [0.05, 0.1) is 19.7 Å². The van der Waals surface area contributed by atoms with Gasteiger partial charge < -0.3 is 14.4 Å². The van der Waals surface area contributed by atoms with Crippen LogP contribution in [0.4, 0.5) is 18.0 Å². The SMILES string of the molecule is COc1ccc(CCN2C(=O)N(N)CC2c2ccc(OC(F)(F)F)cc2)cc1. The second-order valence-electron chi connectivity index (χ2n) is 6.36. The van der Waals surface area contributed by atoms with Gasteiger partial charge in [0.1, 0.15) is 11.5 Å². The molecule has 0 aromatic heterocycles. The Labute approximate surface area is 160 Å².